The monoisotopic (exact) mass is 255 g/mol. The molecule has 2 aromatic rings. The Kier molecular flexibility index (Phi) is 3.18. The zero-order valence-electron chi connectivity index (χ0n) is 10.7. The van der Waals surface area contributed by atoms with Crippen LogP contribution in [0.5, 0.6) is 0 Å². The average molecular weight is 255 g/mol. The molecule has 1 aliphatic rings. The molecule has 0 spiro atoms. The van der Waals surface area contributed by atoms with Gasteiger partial charge in [-0.05, 0) is 18.2 Å². The van der Waals surface area contributed by atoms with E-state index in [9.17, 15) is 0 Å². The van der Waals surface area contributed by atoms with Gasteiger partial charge in [0, 0.05) is 32.4 Å². The van der Waals surface area contributed by atoms with Crippen LogP contribution in [0.15, 0.2) is 42.9 Å². The van der Waals surface area contributed by atoms with E-state index in [1.165, 1.54) is 0 Å². The highest BCUT2D eigenvalue weighted by molar-refractivity contribution is 5.67. The number of anilines is 3. The van der Waals surface area contributed by atoms with Crippen LogP contribution in [-0.4, -0.2) is 36.1 Å². The molecule has 5 nitrogen and oxygen atoms in total. The number of aromatic nitrogens is 2. The first kappa shape index (κ1) is 11.8. The summed E-state index contributed by atoms with van der Waals surface area (Å²) in [5, 5.41) is 0. The van der Waals surface area contributed by atoms with E-state index in [1.54, 1.807) is 12.5 Å². The summed E-state index contributed by atoms with van der Waals surface area (Å²) in [6.07, 6.45) is 3.38. The molecule has 19 heavy (non-hydrogen) atoms. The van der Waals surface area contributed by atoms with E-state index in [0.29, 0.717) is 0 Å². The molecule has 1 aliphatic heterocycles. The van der Waals surface area contributed by atoms with E-state index in [1.807, 2.05) is 24.3 Å². The topological polar surface area (TPSA) is 58.3 Å². The van der Waals surface area contributed by atoms with Crippen molar-refractivity contribution in [2.75, 3.05) is 41.7 Å². The standard InChI is InChI=1S/C14H17N5/c15-12-3-1-2-4-13(12)18-7-9-19(10-8-18)14-5-6-16-11-17-14/h1-6,11H,7-10,15H2. The first-order valence-electron chi connectivity index (χ1n) is 6.45. The van der Waals surface area contributed by atoms with Gasteiger partial charge in [0.15, 0.2) is 0 Å². The van der Waals surface area contributed by atoms with E-state index < -0.39 is 0 Å². The van der Waals surface area contributed by atoms with Crippen LogP contribution in [0.2, 0.25) is 0 Å². The molecule has 1 saturated heterocycles. The van der Waals surface area contributed by atoms with Crippen molar-refractivity contribution in [1.29, 1.82) is 0 Å². The molecule has 0 amide bonds. The molecule has 0 aliphatic carbocycles. The van der Waals surface area contributed by atoms with Crippen molar-refractivity contribution in [2.45, 2.75) is 0 Å². The summed E-state index contributed by atoms with van der Waals surface area (Å²) in [6, 6.07) is 9.98. The average Bonchev–Trinajstić information content (AvgIpc) is 2.49. The summed E-state index contributed by atoms with van der Waals surface area (Å²) in [7, 11) is 0. The Morgan fingerprint density at radius 3 is 2.37 bits per heavy atom. The molecule has 1 aromatic heterocycles. The number of para-hydroxylation sites is 2. The second-order valence-electron chi connectivity index (χ2n) is 4.60. The molecule has 1 fully saturated rings. The highest BCUT2D eigenvalue weighted by atomic mass is 15.3. The first-order valence-corrected chi connectivity index (χ1v) is 6.45. The molecule has 0 bridgehead atoms. The molecule has 0 saturated carbocycles. The smallest absolute Gasteiger partial charge is 0.132 e. The van der Waals surface area contributed by atoms with E-state index in [0.717, 1.165) is 43.4 Å². The zero-order valence-corrected chi connectivity index (χ0v) is 10.7. The van der Waals surface area contributed by atoms with Gasteiger partial charge in [0.1, 0.15) is 12.1 Å². The predicted molar refractivity (Wildman–Crippen MR) is 77.3 cm³/mol. The maximum atomic E-state index is 6.02. The Morgan fingerprint density at radius 2 is 1.68 bits per heavy atom. The second-order valence-corrected chi connectivity index (χ2v) is 4.60. The third-order valence-electron chi connectivity index (χ3n) is 3.45. The lowest BCUT2D eigenvalue weighted by molar-refractivity contribution is 0.647. The van der Waals surface area contributed by atoms with E-state index in [2.05, 4.69) is 25.8 Å². The summed E-state index contributed by atoms with van der Waals surface area (Å²) in [5.41, 5.74) is 8.00. The van der Waals surface area contributed by atoms with Crippen LogP contribution >= 0.6 is 0 Å². The minimum Gasteiger partial charge on any atom is -0.397 e. The number of piperazine rings is 1. The number of hydrogen-bond donors (Lipinski definition) is 1. The maximum Gasteiger partial charge on any atom is 0.132 e. The lowest BCUT2D eigenvalue weighted by Crippen LogP contribution is -2.47. The molecule has 0 radical (unpaired) electrons. The highest BCUT2D eigenvalue weighted by Gasteiger charge is 2.19. The second kappa shape index (κ2) is 5.14. The molecule has 98 valence electrons. The van der Waals surface area contributed by atoms with Crippen LogP contribution in [0.25, 0.3) is 0 Å². The third kappa shape index (κ3) is 2.45. The molecular formula is C14H17N5. The summed E-state index contributed by atoms with van der Waals surface area (Å²) >= 11 is 0. The molecule has 2 N–H and O–H groups in total. The molecule has 0 unspecified atom stereocenters. The van der Waals surface area contributed by atoms with Gasteiger partial charge in [0.2, 0.25) is 0 Å². The van der Waals surface area contributed by atoms with Crippen molar-refractivity contribution < 1.29 is 0 Å². The fourth-order valence-electron chi connectivity index (χ4n) is 2.42. The van der Waals surface area contributed by atoms with Crippen LogP contribution < -0.4 is 15.5 Å². The Morgan fingerprint density at radius 1 is 0.947 bits per heavy atom. The number of hydrogen-bond acceptors (Lipinski definition) is 5. The lowest BCUT2D eigenvalue weighted by atomic mass is 10.2. The van der Waals surface area contributed by atoms with Crippen LogP contribution in [-0.2, 0) is 0 Å². The van der Waals surface area contributed by atoms with Gasteiger partial charge < -0.3 is 15.5 Å². The first-order chi connectivity index (χ1) is 9.34. The summed E-state index contributed by atoms with van der Waals surface area (Å²) in [4.78, 5) is 12.8. The Hall–Kier alpha value is -2.30. The predicted octanol–water partition coefficient (Wildman–Crippen LogP) is 1.39. The van der Waals surface area contributed by atoms with Crippen LogP contribution in [0.3, 0.4) is 0 Å². The van der Waals surface area contributed by atoms with Crippen molar-refractivity contribution >= 4 is 17.2 Å². The SMILES string of the molecule is Nc1ccccc1N1CCN(c2ccncn2)CC1. The minimum atomic E-state index is 0.845. The normalized spacial score (nSPS) is 15.6. The van der Waals surface area contributed by atoms with Crippen molar-refractivity contribution in [2.24, 2.45) is 0 Å². The summed E-state index contributed by atoms with van der Waals surface area (Å²) < 4.78 is 0. The van der Waals surface area contributed by atoms with Gasteiger partial charge >= 0.3 is 0 Å². The summed E-state index contributed by atoms with van der Waals surface area (Å²) in [6.45, 7) is 3.81. The van der Waals surface area contributed by atoms with Crippen molar-refractivity contribution in [3.63, 3.8) is 0 Å². The largest absolute Gasteiger partial charge is 0.397 e. The Bertz CT molecular complexity index is 535. The molecule has 3 rings (SSSR count). The molecule has 0 atom stereocenters. The zero-order chi connectivity index (χ0) is 13.1. The van der Waals surface area contributed by atoms with Crippen LogP contribution in [0.4, 0.5) is 17.2 Å². The Balaban J connectivity index is 1.69. The molecule has 5 heteroatoms. The van der Waals surface area contributed by atoms with Gasteiger partial charge in [-0.1, -0.05) is 12.1 Å². The number of benzene rings is 1. The Labute approximate surface area is 112 Å². The molecule has 2 heterocycles. The van der Waals surface area contributed by atoms with E-state index >= 15 is 0 Å². The van der Waals surface area contributed by atoms with Crippen molar-refractivity contribution in [3.8, 4) is 0 Å². The van der Waals surface area contributed by atoms with E-state index in [4.69, 9.17) is 5.73 Å². The van der Waals surface area contributed by atoms with Crippen LogP contribution in [0.1, 0.15) is 0 Å². The van der Waals surface area contributed by atoms with Gasteiger partial charge in [0.25, 0.3) is 0 Å². The highest BCUT2D eigenvalue weighted by Crippen LogP contribution is 2.24. The van der Waals surface area contributed by atoms with Gasteiger partial charge in [-0.2, -0.15) is 0 Å². The maximum absolute atomic E-state index is 6.02. The number of rotatable bonds is 2. The summed E-state index contributed by atoms with van der Waals surface area (Å²) in [5.74, 6) is 0.996. The van der Waals surface area contributed by atoms with Crippen molar-refractivity contribution in [1.82, 2.24) is 9.97 Å². The van der Waals surface area contributed by atoms with Gasteiger partial charge in [-0.25, -0.2) is 9.97 Å². The van der Waals surface area contributed by atoms with Gasteiger partial charge in [0.05, 0.1) is 11.4 Å². The lowest BCUT2D eigenvalue weighted by Gasteiger charge is -2.37. The fourth-order valence-corrected chi connectivity index (χ4v) is 2.42. The molecule has 1 aromatic carbocycles. The van der Waals surface area contributed by atoms with Crippen molar-refractivity contribution in [3.05, 3.63) is 42.9 Å². The van der Waals surface area contributed by atoms with Crippen LogP contribution in [0, 0.1) is 0 Å². The minimum absolute atomic E-state index is 0.845. The van der Waals surface area contributed by atoms with Gasteiger partial charge in [-0.3, -0.25) is 0 Å². The third-order valence-corrected chi connectivity index (χ3v) is 3.45. The fraction of sp³-hybridized carbons (Fsp3) is 0.286. The van der Waals surface area contributed by atoms with E-state index in [-0.39, 0.29) is 0 Å². The quantitative estimate of drug-likeness (QED) is 0.822. The van der Waals surface area contributed by atoms with Gasteiger partial charge in [-0.15, -0.1) is 0 Å². The number of nitrogen functional groups attached to an aromatic ring is 1. The molecular weight excluding hydrogens is 238 g/mol. The number of nitrogens with zero attached hydrogens (tertiary/aromatic N) is 4. The number of nitrogens with two attached hydrogens (primary N) is 1.